The van der Waals surface area contributed by atoms with Crippen LogP contribution in [0.5, 0.6) is 0 Å². The molecule has 0 saturated heterocycles. The van der Waals surface area contributed by atoms with Crippen molar-refractivity contribution in [2.45, 2.75) is 6.54 Å². The summed E-state index contributed by atoms with van der Waals surface area (Å²) in [5.41, 5.74) is 0.573. The van der Waals surface area contributed by atoms with E-state index in [1.165, 1.54) is 12.1 Å². The van der Waals surface area contributed by atoms with E-state index in [2.05, 4.69) is 21.2 Å². The van der Waals surface area contributed by atoms with Gasteiger partial charge in [-0.25, -0.2) is 8.78 Å². The van der Waals surface area contributed by atoms with Crippen LogP contribution >= 0.6 is 27.5 Å². The van der Waals surface area contributed by atoms with Crippen molar-refractivity contribution in [1.82, 2.24) is 5.32 Å². The van der Waals surface area contributed by atoms with E-state index in [1.807, 2.05) is 0 Å². The van der Waals surface area contributed by atoms with Gasteiger partial charge in [-0.15, -0.1) is 0 Å². The van der Waals surface area contributed by atoms with E-state index < -0.39 is 11.6 Å². The number of rotatable bonds is 3. The lowest BCUT2D eigenvalue weighted by molar-refractivity contribution is 0.0950. The molecule has 1 N–H and O–H groups in total. The Bertz CT molecular complexity index is 664. The fraction of sp³-hybridized carbons (Fsp3) is 0.0714. The van der Waals surface area contributed by atoms with Crippen molar-refractivity contribution in [3.63, 3.8) is 0 Å². The van der Waals surface area contributed by atoms with Crippen LogP contribution < -0.4 is 5.32 Å². The predicted molar refractivity (Wildman–Crippen MR) is 76.7 cm³/mol. The van der Waals surface area contributed by atoms with Crippen molar-refractivity contribution in [3.05, 3.63) is 68.7 Å². The lowest BCUT2D eigenvalue weighted by atomic mass is 10.2. The minimum absolute atomic E-state index is 0.0291. The Hall–Kier alpha value is -1.46. The molecule has 0 heterocycles. The molecule has 104 valence electrons. The molecule has 2 aromatic rings. The summed E-state index contributed by atoms with van der Waals surface area (Å²) in [5.74, 6) is -1.74. The molecule has 6 heteroatoms. The van der Waals surface area contributed by atoms with Crippen molar-refractivity contribution < 1.29 is 13.6 Å². The van der Waals surface area contributed by atoms with E-state index in [0.29, 0.717) is 15.1 Å². The molecule has 0 aliphatic rings. The first-order chi connectivity index (χ1) is 9.47. The van der Waals surface area contributed by atoms with Gasteiger partial charge in [0, 0.05) is 28.2 Å². The highest BCUT2D eigenvalue weighted by atomic mass is 79.9. The number of carbonyl (C=O) groups excluding carboxylic acids is 1. The minimum Gasteiger partial charge on any atom is -0.348 e. The third-order valence-electron chi connectivity index (χ3n) is 2.64. The fourth-order valence-corrected chi connectivity index (χ4v) is 2.01. The molecule has 0 fully saturated rings. The van der Waals surface area contributed by atoms with Gasteiger partial charge in [0.1, 0.15) is 11.6 Å². The lowest BCUT2D eigenvalue weighted by Crippen LogP contribution is -2.23. The molecule has 0 aliphatic carbocycles. The monoisotopic (exact) mass is 359 g/mol. The Morgan fingerprint density at radius 2 is 1.95 bits per heavy atom. The summed E-state index contributed by atoms with van der Waals surface area (Å²) in [5, 5.41) is 2.95. The van der Waals surface area contributed by atoms with Crippen LogP contribution in [0.3, 0.4) is 0 Å². The standard InChI is InChI=1S/C14H9BrClF2NO/c15-11-4-2-8(5-12(11)16)14(20)19-7-9-1-3-10(17)6-13(9)18/h1-6H,7H2,(H,19,20). The first-order valence-electron chi connectivity index (χ1n) is 5.64. The number of halogens is 4. The van der Waals surface area contributed by atoms with Gasteiger partial charge >= 0.3 is 0 Å². The van der Waals surface area contributed by atoms with Crippen LogP contribution in [-0.2, 0) is 6.54 Å². The smallest absolute Gasteiger partial charge is 0.251 e. The molecule has 1 amide bonds. The van der Waals surface area contributed by atoms with Crippen LogP contribution in [0.15, 0.2) is 40.9 Å². The summed E-state index contributed by atoms with van der Waals surface area (Å²) < 4.78 is 26.8. The molecule has 0 aromatic heterocycles. The molecule has 2 aromatic carbocycles. The Morgan fingerprint density at radius 1 is 1.20 bits per heavy atom. The average molecular weight is 361 g/mol. The molecule has 0 bridgehead atoms. The van der Waals surface area contributed by atoms with Crippen molar-refractivity contribution in [2.24, 2.45) is 0 Å². The summed E-state index contributed by atoms with van der Waals surface area (Å²) in [7, 11) is 0. The number of hydrogen-bond donors (Lipinski definition) is 1. The zero-order valence-electron chi connectivity index (χ0n) is 10.1. The molecule has 0 aliphatic heterocycles. The van der Waals surface area contributed by atoms with Gasteiger partial charge in [-0.3, -0.25) is 4.79 Å². The SMILES string of the molecule is O=C(NCc1ccc(F)cc1F)c1ccc(Br)c(Cl)c1. The maximum atomic E-state index is 13.4. The maximum absolute atomic E-state index is 13.4. The van der Waals surface area contributed by atoms with Gasteiger partial charge < -0.3 is 5.32 Å². The third kappa shape index (κ3) is 3.55. The molecule has 0 spiro atoms. The van der Waals surface area contributed by atoms with E-state index in [-0.39, 0.29) is 18.0 Å². The number of benzene rings is 2. The predicted octanol–water partition coefficient (Wildman–Crippen LogP) is 4.31. The average Bonchev–Trinajstić information content (AvgIpc) is 2.40. The largest absolute Gasteiger partial charge is 0.348 e. The van der Waals surface area contributed by atoms with Gasteiger partial charge in [-0.05, 0) is 40.2 Å². The molecule has 2 rings (SSSR count). The molecule has 0 unspecified atom stereocenters. The molecular weight excluding hydrogens is 352 g/mol. The zero-order chi connectivity index (χ0) is 14.7. The van der Waals surface area contributed by atoms with Gasteiger partial charge in [0.05, 0.1) is 5.02 Å². The second kappa shape index (κ2) is 6.33. The van der Waals surface area contributed by atoms with Gasteiger partial charge in [0.2, 0.25) is 0 Å². The molecule has 20 heavy (non-hydrogen) atoms. The summed E-state index contributed by atoms with van der Waals surface area (Å²) in [6, 6.07) is 7.95. The molecule has 0 saturated carbocycles. The van der Waals surface area contributed by atoms with Crippen molar-refractivity contribution in [2.75, 3.05) is 0 Å². The first kappa shape index (κ1) is 14.9. The lowest BCUT2D eigenvalue weighted by Gasteiger charge is -2.07. The summed E-state index contributed by atoms with van der Waals surface area (Å²) in [4.78, 5) is 11.9. The van der Waals surface area contributed by atoms with Crippen LogP contribution in [0, 0.1) is 11.6 Å². The first-order valence-corrected chi connectivity index (χ1v) is 6.81. The molecular formula is C14H9BrClF2NO. The zero-order valence-corrected chi connectivity index (χ0v) is 12.4. The Morgan fingerprint density at radius 3 is 2.60 bits per heavy atom. The van der Waals surface area contributed by atoms with E-state index in [1.54, 1.807) is 12.1 Å². The van der Waals surface area contributed by atoms with Crippen LogP contribution in [-0.4, -0.2) is 5.91 Å². The van der Waals surface area contributed by atoms with Crippen molar-refractivity contribution in [1.29, 1.82) is 0 Å². The van der Waals surface area contributed by atoms with E-state index in [0.717, 1.165) is 12.1 Å². The topological polar surface area (TPSA) is 29.1 Å². The van der Waals surface area contributed by atoms with Crippen LogP contribution in [0.1, 0.15) is 15.9 Å². The minimum atomic E-state index is -0.695. The normalized spacial score (nSPS) is 10.4. The van der Waals surface area contributed by atoms with E-state index in [9.17, 15) is 13.6 Å². The van der Waals surface area contributed by atoms with Crippen LogP contribution in [0.2, 0.25) is 5.02 Å². The van der Waals surface area contributed by atoms with Gasteiger partial charge in [-0.2, -0.15) is 0 Å². The quantitative estimate of drug-likeness (QED) is 0.868. The number of hydrogen-bond acceptors (Lipinski definition) is 1. The highest BCUT2D eigenvalue weighted by Gasteiger charge is 2.09. The second-order valence-corrected chi connectivity index (χ2v) is 5.31. The summed E-state index contributed by atoms with van der Waals surface area (Å²) >= 11 is 9.11. The van der Waals surface area contributed by atoms with Crippen LogP contribution in [0.25, 0.3) is 0 Å². The van der Waals surface area contributed by atoms with Crippen molar-refractivity contribution >= 4 is 33.4 Å². The van der Waals surface area contributed by atoms with E-state index >= 15 is 0 Å². The molecule has 0 atom stereocenters. The number of nitrogens with one attached hydrogen (secondary N) is 1. The third-order valence-corrected chi connectivity index (χ3v) is 3.87. The fourth-order valence-electron chi connectivity index (χ4n) is 1.58. The summed E-state index contributed by atoms with van der Waals surface area (Å²) in [6.45, 7) is -0.0291. The molecule has 2 nitrogen and oxygen atoms in total. The van der Waals surface area contributed by atoms with Crippen molar-refractivity contribution in [3.8, 4) is 0 Å². The van der Waals surface area contributed by atoms with Gasteiger partial charge in [0.25, 0.3) is 5.91 Å². The highest BCUT2D eigenvalue weighted by Crippen LogP contribution is 2.23. The maximum Gasteiger partial charge on any atom is 0.251 e. The Balaban J connectivity index is 2.06. The molecule has 0 radical (unpaired) electrons. The summed E-state index contributed by atoms with van der Waals surface area (Å²) in [6.07, 6.45) is 0. The van der Waals surface area contributed by atoms with Crippen LogP contribution in [0.4, 0.5) is 8.78 Å². The highest BCUT2D eigenvalue weighted by molar-refractivity contribution is 9.10. The van der Waals surface area contributed by atoms with Gasteiger partial charge in [0.15, 0.2) is 0 Å². The number of carbonyl (C=O) groups is 1. The van der Waals surface area contributed by atoms with Gasteiger partial charge in [-0.1, -0.05) is 17.7 Å². The number of amides is 1. The second-order valence-electron chi connectivity index (χ2n) is 4.05. The Labute approximate surface area is 127 Å². The van der Waals surface area contributed by atoms with E-state index in [4.69, 9.17) is 11.6 Å². The Kier molecular flexibility index (Phi) is 4.73.